The molecule has 0 aromatic heterocycles. The molecule has 0 radical (unpaired) electrons. The van der Waals surface area contributed by atoms with Gasteiger partial charge in [0, 0.05) is 18.1 Å². The van der Waals surface area contributed by atoms with E-state index in [0.29, 0.717) is 0 Å². The molecule has 3 nitrogen and oxygen atoms in total. The summed E-state index contributed by atoms with van der Waals surface area (Å²) in [7, 11) is 0. The van der Waals surface area contributed by atoms with E-state index in [-0.39, 0.29) is 6.10 Å². The van der Waals surface area contributed by atoms with Crippen LogP contribution in [0.2, 0.25) is 5.02 Å². The summed E-state index contributed by atoms with van der Waals surface area (Å²) in [4.78, 5) is 0. The molecule has 1 saturated heterocycles. The topological polar surface area (TPSA) is 30.5 Å². The van der Waals surface area contributed by atoms with Crippen LogP contribution in [0.4, 0.5) is 0 Å². The fraction of sp³-hybridized carbons (Fsp3) is 0.600. The summed E-state index contributed by atoms with van der Waals surface area (Å²) in [6.45, 7) is 3.31. The zero-order valence-electron chi connectivity index (χ0n) is 11.0. The summed E-state index contributed by atoms with van der Waals surface area (Å²) < 4.78 is 11.6. The summed E-state index contributed by atoms with van der Waals surface area (Å²) in [5, 5.41) is 4.05. The summed E-state index contributed by atoms with van der Waals surface area (Å²) in [5.41, 5.74) is 1.10. The van der Waals surface area contributed by atoms with Gasteiger partial charge in [0.15, 0.2) is 0 Å². The molecule has 2 aliphatic rings. The molecular weight excluding hydrogens is 262 g/mol. The van der Waals surface area contributed by atoms with Gasteiger partial charge in [-0.3, -0.25) is 0 Å². The Morgan fingerprint density at radius 1 is 1.32 bits per heavy atom. The van der Waals surface area contributed by atoms with Crippen LogP contribution in [-0.2, 0) is 4.74 Å². The van der Waals surface area contributed by atoms with Crippen molar-refractivity contribution in [2.75, 3.05) is 26.3 Å². The zero-order valence-corrected chi connectivity index (χ0v) is 11.8. The Kier molecular flexibility index (Phi) is 4.26. The van der Waals surface area contributed by atoms with Crippen molar-refractivity contribution in [3.63, 3.8) is 0 Å². The normalized spacial score (nSPS) is 23.9. The second-order valence-electron chi connectivity index (χ2n) is 5.39. The maximum atomic E-state index is 6.18. The number of rotatable bonds is 4. The van der Waals surface area contributed by atoms with Crippen LogP contribution < -0.4 is 10.1 Å². The highest BCUT2D eigenvalue weighted by Gasteiger charge is 2.19. The van der Waals surface area contributed by atoms with Crippen molar-refractivity contribution in [2.45, 2.75) is 25.4 Å². The summed E-state index contributed by atoms with van der Waals surface area (Å²) in [6, 6.07) is 5.91. The fourth-order valence-electron chi connectivity index (χ4n) is 2.51. The van der Waals surface area contributed by atoms with E-state index in [0.717, 1.165) is 48.6 Å². The third-order valence-corrected chi connectivity index (χ3v) is 4.12. The lowest BCUT2D eigenvalue weighted by molar-refractivity contribution is 0.0275. The fourth-order valence-corrected chi connectivity index (χ4v) is 2.74. The Hall–Kier alpha value is -0.770. The molecule has 19 heavy (non-hydrogen) atoms. The van der Waals surface area contributed by atoms with Crippen molar-refractivity contribution < 1.29 is 9.47 Å². The molecule has 4 heteroatoms. The molecule has 1 saturated carbocycles. The smallest absolute Gasteiger partial charge is 0.121 e. The molecule has 1 aliphatic carbocycles. The average Bonchev–Trinajstić information content (AvgIpc) is 2.37. The van der Waals surface area contributed by atoms with Gasteiger partial charge >= 0.3 is 0 Å². The van der Waals surface area contributed by atoms with Crippen LogP contribution in [-0.4, -0.2) is 26.3 Å². The minimum absolute atomic E-state index is 0.0819. The Labute approximate surface area is 119 Å². The number of hydrogen-bond donors (Lipinski definition) is 1. The number of ether oxygens (including phenoxy) is 2. The van der Waals surface area contributed by atoms with E-state index < -0.39 is 0 Å². The lowest BCUT2D eigenvalue weighted by atomic mass is 9.86. The van der Waals surface area contributed by atoms with Gasteiger partial charge in [0.05, 0.1) is 19.3 Å². The van der Waals surface area contributed by atoms with Gasteiger partial charge in [0.1, 0.15) is 5.75 Å². The van der Waals surface area contributed by atoms with Crippen LogP contribution in [0.1, 0.15) is 30.9 Å². The minimum Gasteiger partial charge on any atom is -0.493 e. The van der Waals surface area contributed by atoms with Gasteiger partial charge in [-0.25, -0.2) is 0 Å². The number of benzene rings is 1. The predicted octanol–water partition coefficient (Wildman–Crippen LogP) is 3.18. The number of hydrogen-bond acceptors (Lipinski definition) is 3. The highest BCUT2D eigenvalue weighted by molar-refractivity contribution is 6.30. The average molecular weight is 282 g/mol. The first-order chi connectivity index (χ1) is 9.31. The molecule has 2 fully saturated rings. The SMILES string of the molecule is Clc1cc(OCC2CCC2)cc(C2CNCCO2)c1. The van der Waals surface area contributed by atoms with Crippen molar-refractivity contribution in [3.05, 3.63) is 28.8 Å². The van der Waals surface area contributed by atoms with Crippen molar-refractivity contribution >= 4 is 11.6 Å². The molecule has 1 aromatic carbocycles. The van der Waals surface area contributed by atoms with Crippen LogP contribution in [0.5, 0.6) is 5.75 Å². The minimum atomic E-state index is 0.0819. The summed E-state index contributed by atoms with van der Waals surface area (Å²) >= 11 is 6.18. The van der Waals surface area contributed by atoms with Crippen molar-refractivity contribution in [1.82, 2.24) is 5.32 Å². The third kappa shape index (κ3) is 3.41. The first-order valence-electron chi connectivity index (χ1n) is 7.07. The van der Waals surface area contributed by atoms with Crippen LogP contribution in [0.25, 0.3) is 0 Å². The van der Waals surface area contributed by atoms with Crippen LogP contribution >= 0.6 is 11.6 Å². The Morgan fingerprint density at radius 2 is 2.21 bits per heavy atom. The molecule has 3 rings (SSSR count). The maximum absolute atomic E-state index is 6.18. The zero-order chi connectivity index (χ0) is 13.1. The van der Waals surface area contributed by atoms with Gasteiger partial charge in [-0.05, 0) is 42.5 Å². The lowest BCUT2D eigenvalue weighted by Crippen LogP contribution is -2.33. The van der Waals surface area contributed by atoms with E-state index in [2.05, 4.69) is 11.4 Å². The van der Waals surface area contributed by atoms with Gasteiger partial charge in [-0.15, -0.1) is 0 Å². The highest BCUT2D eigenvalue weighted by atomic mass is 35.5. The van der Waals surface area contributed by atoms with E-state index in [9.17, 15) is 0 Å². The van der Waals surface area contributed by atoms with Gasteiger partial charge in [-0.2, -0.15) is 0 Å². The Bertz CT molecular complexity index is 428. The maximum Gasteiger partial charge on any atom is 0.121 e. The van der Waals surface area contributed by atoms with Crippen molar-refractivity contribution in [2.24, 2.45) is 5.92 Å². The molecule has 1 heterocycles. The van der Waals surface area contributed by atoms with E-state index in [1.54, 1.807) is 0 Å². The van der Waals surface area contributed by atoms with Crippen molar-refractivity contribution in [1.29, 1.82) is 0 Å². The van der Waals surface area contributed by atoms with Crippen LogP contribution in [0.3, 0.4) is 0 Å². The molecule has 0 amide bonds. The quantitative estimate of drug-likeness (QED) is 0.919. The van der Waals surface area contributed by atoms with E-state index in [1.807, 2.05) is 12.1 Å². The first kappa shape index (κ1) is 13.2. The van der Waals surface area contributed by atoms with Crippen molar-refractivity contribution in [3.8, 4) is 5.75 Å². The standard InChI is InChI=1S/C15H20ClNO2/c16-13-6-12(15-9-17-4-5-18-15)7-14(8-13)19-10-11-2-1-3-11/h6-8,11,15,17H,1-5,9-10H2. The second kappa shape index (κ2) is 6.12. The highest BCUT2D eigenvalue weighted by Crippen LogP contribution is 2.30. The largest absolute Gasteiger partial charge is 0.493 e. The van der Waals surface area contributed by atoms with Crippen LogP contribution in [0.15, 0.2) is 18.2 Å². The molecule has 1 unspecified atom stereocenters. The van der Waals surface area contributed by atoms with E-state index in [1.165, 1.54) is 19.3 Å². The summed E-state index contributed by atoms with van der Waals surface area (Å²) in [6.07, 6.45) is 4.02. The van der Waals surface area contributed by atoms with E-state index >= 15 is 0 Å². The first-order valence-corrected chi connectivity index (χ1v) is 7.44. The number of halogens is 1. The molecule has 1 aromatic rings. The molecule has 1 N–H and O–H groups in total. The predicted molar refractivity (Wildman–Crippen MR) is 75.9 cm³/mol. The molecule has 0 spiro atoms. The molecule has 0 bridgehead atoms. The van der Waals surface area contributed by atoms with E-state index in [4.69, 9.17) is 21.1 Å². The van der Waals surface area contributed by atoms with Crippen LogP contribution in [0, 0.1) is 5.92 Å². The lowest BCUT2D eigenvalue weighted by Gasteiger charge is -2.26. The number of nitrogens with one attached hydrogen (secondary N) is 1. The van der Waals surface area contributed by atoms with Gasteiger partial charge in [0.25, 0.3) is 0 Å². The van der Waals surface area contributed by atoms with Gasteiger partial charge in [-0.1, -0.05) is 18.0 Å². The van der Waals surface area contributed by atoms with Gasteiger partial charge < -0.3 is 14.8 Å². The molecule has 1 aliphatic heterocycles. The van der Waals surface area contributed by atoms with Gasteiger partial charge in [0.2, 0.25) is 0 Å². The molecule has 1 atom stereocenters. The molecule has 104 valence electrons. The monoisotopic (exact) mass is 281 g/mol. The second-order valence-corrected chi connectivity index (χ2v) is 5.83. The third-order valence-electron chi connectivity index (χ3n) is 3.90. The Balaban J connectivity index is 1.67. The summed E-state index contributed by atoms with van der Waals surface area (Å²) in [5.74, 6) is 1.60. The molecular formula is C15H20ClNO2. The number of morpholine rings is 1. The Morgan fingerprint density at radius 3 is 2.89 bits per heavy atom.